The fraction of sp³-hybridized carbons (Fsp3) is 0.893. The van der Waals surface area contributed by atoms with Crippen molar-refractivity contribution < 1.29 is 9.53 Å². The van der Waals surface area contributed by atoms with Crippen molar-refractivity contribution in [3.8, 4) is 0 Å². The van der Waals surface area contributed by atoms with Gasteiger partial charge in [0.15, 0.2) is 0 Å². The Bertz CT molecular complexity index is 699. The third kappa shape index (κ3) is 4.36. The molecule has 31 heavy (non-hydrogen) atoms. The Kier molecular flexibility index (Phi) is 6.89. The fourth-order valence-corrected chi connectivity index (χ4v) is 9.01. The van der Waals surface area contributed by atoms with Crippen molar-refractivity contribution in [1.29, 1.82) is 0 Å². The monoisotopic (exact) mass is 448 g/mol. The van der Waals surface area contributed by atoms with Crippen molar-refractivity contribution in [3.63, 3.8) is 0 Å². The standard InChI is InChI=1S/C28H45ClO2/c1-18(2)7-6-8-19(3)23-11-12-24-22-10-9-20-17-21(31-26(29)30)13-15-27(20,4)25(22)14-16-28(23,24)5/h9,18-19,21-25H,6-8,10-17H2,1-5H3/t19-,21+,22?,23-,24?,25?,27+,28-/m0/s1. The van der Waals surface area contributed by atoms with Crippen LogP contribution in [0.1, 0.15) is 105 Å². The summed E-state index contributed by atoms with van der Waals surface area (Å²) in [6, 6.07) is 0. The lowest BCUT2D eigenvalue weighted by Crippen LogP contribution is -2.51. The van der Waals surface area contributed by atoms with Crippen LogP contribution in [-0.4, -0.2) is 11.5 Å². The molecule has 0 saturated heterocycles. The van der Waals surface area contributed by atoms with Crippen LogP contribution in [0.2, 0.25) is 0 Å². The van der Waals surface area contributed by atoms with E-state index in [0.717, 1.165) is 54.8 Å². The third-order valence-electron chi connectivity index (χ3n) is 10.5. The van der Waals surface area contributed by atoms with Crippen LogP contribution < -0.4 is 0 Å². The molecule has 0 radical (unpaired) electrons. The molecule has 0 aromatic carbocycles. The first-order chi connectivity index (χ1) is 14.6. The van der Waals surface area contributed by atoms with E-state index in [0.29, 0.717) is 10.8 Å². The van der Waals surface area contributed by atoms with Crippen LogP contribution in [0.3, 0.4) is 0 Å². The van der Waals surface area contributed by atoms with E-state index in [1.807, 2.05) is 0 Å². The molecule has 0 amide bonds. The van der Waals surface area contributed by atoms with Crippen molar-refractivity contribution in [1.82, 2.24) is 0 Å². The van der Waals surface area contributed by atoms with Gasteiger partial charge in [-0.3, -0.25) is 0 Å². The predicted octanol–water partition coefficient (Wildman–Crippen LogP) is 8.77. The maximum absolute atomic E-state index is 11.2. The quantitative estimate of drug-likeness (QED) is 0.299. The Hall–Kier alpha value is -0.500. The molecule has 0 aromatic rings. The zero-order chi connectivity index (χ0) is 22.4. The van der Waals surface area contributed by atoms with E-state index in [9.17, 15) is 4.79 Å². The van der Waals surface area contributed by atoms with Gasteiger partial charge in [0.05, 0.1) is 0 Å². The van der Waals surface area contributed by atoms with Gasteiger partial charge in [0.2, 0.25) is 0 Å². The molecule has 3 heteroatoms. The minimum Gasteiger partial charge on any atom is -0.450 e. The predicted molar refractivity (Wildman–Crippen MR) is 129 cm³/mol. The van der Waals surface area contributed by atoms with Crippen LogP contribution in [-0.2, 0) is 4.74 Å². The molecule has 3 saturated carbocycles. The van der Waals surface area contributed by atoms with Gasteiger partial charge in [-0.1, -0.05) is 65.5 Å². The van der Waals surface area contributed by atoms with Crippen molar-refractivity contribution in [2.75, 3.05) is 0 Å². The van der Waals surface area contributed by atoms with Gasteiger partial charge in [0.25, 0.3) is 0 Å². The average Bonchev–Trinajstić information content (AvgIpc) is 3.05. The Labute approximate surface area is 195 Å². The molecule has 4 aliphatic carbocycles. The van der Waals surface area contributed by atoms with Gasteiger partial charge in [-0.15, -0.1) is 0 Å². The van der Waals surface area contributed by atoms with Gasteiger partial charge in [-0.05, 0) is 91.3 Å². The molecule has 3 unspecified atom stereocenters. The molecule has 3 fully saturated rings. The number of rotatable bonds is 6. The highest BCUT2D eigenvalue weighted by molar-refractivity contribution is 6.61. The van der Waals surface area contributed by atoms with Gasteiger partial charge in [0.1, 0.15) is 6.10 Å². The molecular weight excluding hydrogens is 404 g/mol. The van der Waals surface area contributed by atoms with E-state index in [-0.39, 0.29) is 6.10 Å². The van der Waals surface area contributed by atoms with Crippen molar-refractivity contribution in [3.05, 3.63) is 11.6 Å². The largest absolute Gasteiger partial charge is 0.450 e. The zero-order valence-corrected chi connectivity index (χ0v) is 21.3. The van der Waals surface area contributed by atoms with Crippen LogP contribution in [0.15, 0.2) is 11.6 Å². The van der Waals surface area contributed by atoms with E-state index in [4.69, 9.17) is 16.3 Å². The maximum Gasteiger partial charge on any atom is 0.404 e. The van der Waals surface area contributed by atoms with Crippen LogP contribution in [0.5, 0.6) is 0 Å². The van der Waals surface area contributed by atoms with Gasteiger partial charge < -0.3 is 4.74 Å². The lowest BCUT2D eigenvalue weighted by atomic mass is 9.47. The summed E-state index contributed by atoms with van der Waals surface area (Å²) in [5.74, 6) is 5.19. The Morgan fingerprint density at radius 1 is 1.10 bits per heavy atom. The highest BCUT2D eigenvalue weighted by atomic mass is 35.5. The van der Waals surface area contributed by atoms with Gasteiger partial charge in [0, 0.05) is 18.0 Å². The van der Waals surface area contributed by atoms with E-state index < -0.39 is 5.43 Å². The van der Waals surface area contributed by atoms with Crippen molar-refractivity contribution in [2.45, 2.75) is 111 Å². The Morgan fingerprint density at radius 2 is 1.87 bits per heavy atom. The average molecular weight is 449 g/mol. The van der Waals surface area contributed by atoms with Gasteiger partial charge in [-0.2, -0.15) is 0 Å². The zero-order valence-electron chi connectivity index (χ0n) is 20.6. The number of allylic oxidation sites excluding steroid dienone is 1. The molecule has 176 valence electrons. The van der Waals surface area contributed by atoms with E-state index in [1.54, 1.807) is 5.57 Å². The maximum atomic E-state index is 11.2. The first-order valence-electron chi connectivity index (χ1n) is 13.2. The van der Waals surface area contributed by atoms with Gasteiger partial charge in [-0.25, -0.2) is 4.79 Å². The lowest BCUT2D eigenvalue weighted by molar-refractivity contribution is -0.0573. The number of carbonyl (C=O) groups is 1. The van der Waals surface area contributed by atoms with Crippen LogP contribution >= 0.6 is 11.6 Å². The summed E-state index contributed by atoms with van der Waals surface area (Å²) in [6.45, 7) is 12.5. The second-order valence-electron chi connectivity index (χ2n) is 12.5. The summed E-state index contributed by atoms with van der Waals surface area (Å²) < 4.78 is 5.38. The normalized spacial score (nSPS) is 42.9. The summed E-state index contributed by atoms with van der Waals surface area (Å²) in [5.41, 5.74) is 1.77. The van der Waals surface area contributed by atoms with Crippen molar-refractivity contribution >= 4 is 17.0 Å². The summed E-state index contributed by atoms with van der Waals surface area (Å²) in [4.78, 5) is 11.2. The van der Waals surface area contributed by atoms with Crippen LogP contribution in [0.25, 0.3) is 0 Å². The first kappa shape index (κ1) is 23.7. The SMILES string of the molecule is CC(C)CCC[C@H](C)[C@@H]1CCC2C3CC=C4C[C@H](OC(=O)Cl)CC[C@@]4(C)C3CC[C@]21C. The molecule has 8 atom stereocenters. The highest BCUT2D eigenvalue weighted by Gasteiger charge is 2.59. The fourth-order valence-electron chi connectivity index (χ4n) is 8.88. The number of fused-ring (bicyclic) bond motifs is 5. The summed E-state index contributed by atoms with van der Waals surface area (Å²) in [5, 5.41) is 0. The Balaban J connectivity index is 1.47. The van der Waals surface area contributed by atoms with E-state index in [1.165, 1.54) is 51.4 Å². The minimum atomic E-state index is -0.643. The molecule has 0 spiro atoms. The third-order valence-corrected chi connectivity index (χ3v) is 10.6. The number of carbonyl (C=O) groups excluding carboxylic acids is 1. The highest BCUT2D eigenvalue weighted by Crippen LogP contribution is 2.67. The van der Waals surface area contributed by atoms with Crippen molar-refractivity contribution in [2.24, 2.45) is 46.3 Å². The Morgan fingerprint density at radius 3 is 2.58 bits per heavy atom. The summed E-state index contributed by atoms with van der Waals surface area (Å²) in [6.07, 6.45) is 16.7. The summed E-state index contributed by atoms with van der Waals surface area (Å²) >= 11 is 5.51. The summed E-state index contributed by atoms with van der Waals surface area (Å²) in [7, 11) is 0. The minimum absolute atomic E-state index is 0.0164. The molecule has 4 aliphatic rings. The number of hydrogen-bond acceptors (Lipinski definition) is 2. The molecule has 0 aromatic heterocycles. The lowest BCUT2D eigenvalue weighted by Gasteiger charge is -2.58. The molecule has 4 rings (SSSR count). The second-order valence-corrected chi connectivity index (χ2v) is 12.8. The molecule has 0 aliphatic heterocycles. The second kappa shape index (κ2) is 9.03. The van der Waals surface area contributed by atoms with Gasteiger partial charge >= 0.3 is 5.43 Å². The number of halogens is 1. The molecule has 0 bridgehead atoms. The van der Waals surface area contributed by atoms with E-state index in [2.05, 4.69) is 40.7 Å². The molecule has 0 N–H and O–H groups in total. The molecule has 0 heterocycles. The smallest absolute Gasteiger partial charge is 0.404 e. The molecule has 2 nitrogen and oxygen atoms in total. The number of ether oxygens (including phenoxy) is 1. The van der Waals surface area contributed by atoms with Crippen LogP contribution in [0.4, 0.5) is 4.79 Å². The topological polar surface area (TPSA) is 26.3 Å². The molecular formula is C28H45ClO2. The van der Waals surface area contributed by atoms with E-state index >= 15 is 0 Å². The van der Waals surface area contributed by atoms with Crippen LogP contribution in [0, 0.1) is 46.3 Å². The number of hydrogen-bond donors (Lipinski definition) is 0. The first-order valence-corrected chi connectivity index (χ1v) is 13.6.